The number of halogens is 1. The van der Waals surface area contributed by atoms with Crippen molar-refractivity contribution >= 4 is 23.2 Å². The van der Waals surface area contributed by atoms with Gasteiger partial charge in [0.15, 0.2) is 0 Å². The third kappa shape index (κ3) is 5.21. The Kier molecular flexibility index (Phi) is 6.23. The van der Waals surface area contributed by atoms with Crippen LogP contribution in [0.5, 0.6) is 0 Å². The summed E-state index contributed by atoms with van der Waals surface area (Å²) < 4.78 is 13.3. The molecule has 1 heterocycles. The molecule has 2 N–H and O–H groups in total. The second kappa shape index (κ2) is 9.03. The van der Waals surface area contributed by atoms with E-state index in [1.165, 1.54) is 12.1 Å². The van der Waals surface area contributed by atoms with Gasteiger partial charge in [-0.05, 0) is 68.6 Å². The van der Waals surface area contributed by atoms with Crippen molar-refractivity contribution in [2.45, 2.75) is 44.6 Å². The van der Waals surface area contributed by atoms with Gasteiger partial charge in [-0.2, -0.15) is 0 Å². The van der Waals surface area contributed by atoms with Gasteiger partial charge in [0, 0.05) is 29.6 Å². The minimum atomic E-state index is -0.403. The number of amides is 2. The fourth-order valence-electron chi connectivity index (χ4n) is 4.08. The second-order valence-corrected chi connectivity index (χ2v) is 9.06. The molecule has 4 rings (SSSR count). The van der Waals surface area contributed by atoms with E-state index in [9.17, 15) is 14.0 Å². The van der Waals surface area contributed by atoms with E-state index >= 15 is 0 Å². The maximum absolute atomic E-state index is 13.3. The van der Waals surface area contributed by atoms with E-state index in [0.29, 0.717) is 23.9 Å². The zero-order valence-electron chi connectivity index (χ0n) is 16.3. The van der Waals surface area contributed by atoms with Crippen LogP contribution in [-0.4, -0.2) is 23.3 Å². The average molecular weight is 416 g/mol. The van der Waals surface area contributed by atoms with Gasteiger partial charge in [0.25, 0.3) is 5.91 Å². The first kappa shape index (κ1) is 20.0. The normalized spacial score (nSPS) is 22.7. The van der Waals surface area contributed by atoms with Crippen LogP contribution in [0.2, 0.25) is 0 Å². The summed E-state index contributed by atoms with van der Waals surface area (Å²) in [6.45, 7) is 0.596. The van der Waals surface area contributed by atoms with E-state index in [-0.39, 0.29) is 23.8 Å². The lowest BCUT2D eigenvalue weighted by Crippen LogP contribution is -2.37. The first-order valence-corrected chi connectivity index (χ1v) is 11.2. The molecular formula is C22H26FN3O2S. The van der Waals surface area contributed by atoms with E-state index in [2.05, 4.69) is 15.6 Å². The number of thiazole rings is 1. The molecule has 2 aliphatic rings. The number of carbonyl (C=O) groups excluding carboxylic acids is 2. The smallest absolute Gasteiger partial charge is 0.251 e. The Balaban J connectivity index is 1.29. The van der Waals surface area contributed by atoms with Crippen LogP contribution in [-0.2, 0) is 4.79 Å². The highest BCUT2D eigenvalue weighted by Crippen LogP contribution is 2.38. The third-order valence-electron chi connectivity index (χ3n) is 5.96. The van der Waals surface area contributed by atoms with Gasteiger partial charge in [-0.1, -0.05) is 6.07 Å². The summed E-state index contributed by atoms with van der Waals surface area (Å²) in [6.07, 6.45) is 7.77. The highest BCUT2D eigenvalue weighted by Gasteiger charge is 2.35. The number of hydrogen-bond donors (Lipinski definition) is 2. The van der Waals surface area contributed by atoms with Gasteiger partial charge in [-0.3, -0.25) is 9.59 Å². The number of carbonyl (C=O) groups is 2. The van der Waals surface area contributed by atoms with Gasteiger partial charge in [0.05, 0.1) is 6.04 Å². The quantitative estimate of drug-likeness (QED) is 0.716. The van der Waals surface area contributed by atoms with Crippen LogP contribution < -0.4 is 10.6 Å². The molecule has 7 heteroatoms. The summed E-state index contributed by atoms with van der Waals surface area (Å²) in [5.74, 6) is 0.490. The molecule has 2 saturated carbocycles. The van der Waals surface area contributed by atoms with E-state index in [1.807, 2.05) is 5.38 Å². The maximum atomic E-state index is 13.3. The summed E-state index contributed by atoms with van der Waals surface area (Å²) in [6, 6.07) is 5.75. The summed E-state index contributed by atoms with van der Waals surface area (Å²) >= 11 is 1.60. The molecule has 1 aromatic heterocycles. The molecule has 5 nitrogen and oxygen atoms in total. The van der Waals surface area contributed by atoms with Gasteiger partial charge in [-0.15, -0.1) is 11.3 Å². The zero-order valence-corrected chi connectivity index (χ0v) is 17.1. The molecule has 2 amide bonds. The van der Waals surface area contributed by atoms with E-state index in [0.717, 1.165) is 43.5 Å². The predicted octanol–water partition coefficient (Wildman–Crippen LogP) is 4.09. The summed E-state index contributed by atoms with van der Waals surface area (Å²) in [5, 5.41) is 9.13. The molecule has 0 radical (unpaired) electrons. The van der Waals surface area contributed by atoms with Crippen LogP contribution in [0.1, 0.15) is 59.9 Å². The van der Waals surface area contributed by atoms with Gasteiger partial charge in [-0.25, -0.2) is 9.37 Å². The molecule has 0 spiro atoms. The van der Waals surface area contributed by atoms with Gasteiger partial charge < -0.3 is 10.6 Å². The Labute approximate surface area is 174 Å². The van der Waals surface area contributed by atoms with Crippen molar-refractivity contribution in [2.75, 3.05) is 6.54 Å². The average Bonchev–Trinajstić information content (AvgIpc) is 3.45. The van der Waals surface area contributed by atoms with E-state index in [4.69, 9.17) is 0 Å². The van der Waals surface area contributed by atoms with Gasteiger partial charge >= 0.3 is 0 Å². The number of rotatable bonds is 7. The Morgan fingerprint density at radius 1 is 1.17 bits per heavy atom. The first-order chi connectivity index (χ1) is 14.1. The SMILES string of the molecule is O=C(NCC1CCC([C@H](NC(=O)C2CC2)c2nccs2)CC1)c1cccc(F)c1. The molecular weight excluding hydrogens is 389 g/mol. The lowest BCUT2D eigenvalue weighted by atomic mass is 9.78. The van der Waals surface area contributed by atoms with Crippen molar-refractivity contribution in [1.82, 2.24) is 15.6 Å². The third-order valence-corrected chi connectivity index (χ3v) is 6.82. The van der Waals surface area contributed by atoms with Crippen LogP contribution >= 0.6 is 11.3 Å². The number of aromatic nitrogens is 1. The fraction of sp³-hybridized carbons (Fsp3) is 0.500. The molecule has 2 aliphatic carbocycles. The van der Waals surface area contributed by atoms with E-state index < -0.39 is 5.82 Å². The molecule has 0 unspecified atom stereocenters. The molecule has 29 heavy (non-hydrogen) atoms. The standard InChI is InChI=1S/C22H26FN3O2S/c23-18-3-1-2-17(12-18)20(27)25-13-14-4-6-15(7-5-14)19(22-24-10-11-29-22)26-21(28)16-8-9-16/h1-3,10-12,14-16,19H,4-9,13H2,(H,25,27)(H,26,28)/t14?,15?,19-/m0/s1. The number of benzene rings is 1. The van der Waals surface area contributed by atoms with Crippen LogP contribution in [0.4, 0.5) is 4.39 Å². The lowest BCUT2D eigenvalue weighted by molar-refractivity contribution is -0.123. The largest absolute Gasteiger partial charge is 0.352 e. The van der Waals surface area contributed by atoms with Crippen molar-refractivity contribution in [1.29, 1.82) is 0 Å². The topological polar surface area (TPSA) is 71.1 Å². The maximum Gasteiger partial charge on any atom is 0.251 e. The van der Waals surface area contributed by atoms with Gasteiger partial charge in [0.1, 0.15) is 10.8 Å². The molecule has 2 fully saturated rings. The molecule has 0 aliphatic heterocycles. The molecule has 0 bridgehead atoms. The Hall–Kier alpha value is -2.28. The first-order valence-electron chi connectivity index (χ1n) is 10.3. The van der Waals surface area contributed by atoms with Gasteiger partial charge in [0.2, 0.25) is 5.91 Å². The van der Waals surface area contributed by atoms with Crippen LogP contribution in [0.25, 0.3) is 0 Å². The molecule has 1 atom stereocenters. The minimum Gasteiger partial charge on any atom is -0.352 e. The highest BCUT2D eigenvalue weighted by atomic mass is 32.1. The predicted molar refractivity (Wildman–Crippen MR) is 110 cm³/mol. The van der Waals surface area contributed by atoms with Crippen molar-refractivity contribution in [2.24, 2.45) is 17.8 Å². The van der Waals surface area contributed by atoms with Crippen molar-refractivity contribution < 1.29 is 14.0 Å². The minimum absolute atomic E-state index is 0.00839. The Morgan fingerprint density at radius 2 is 1.97 bits per heavy atom. The van der Waals surface area contributed by atoms with Crippen LogP contribution in [0.15, 0.2) is 35.8 Å². The highest BCUT2D eigenvalue weighted by molar-refractivity contribution is 7.09. The van der Waals surface area contributed by atoms with E-state index in [1.54, 1.807) is 29.7 Å². The van der Waals surface area contributed by atoms with Crippen LogP contribution in [0.3, 0.4) is 0 Å². The summed E-state index contributed by atoms with van der Waals surface area (Å²) in [4.78, 5) is 29.0. The molecule has 0 saturated heterocycles. The summed E-state index contributed by atoms with van der Waals surface area (Å²) in [5.41, 5.74) is 0.352. The van der Waals surface area contributed by atoms with Crippen molar-refractivity contribution in [3.8, 4) is 0 Å². The van der Waals surface area contributed by atoms with Crippen LogP contribution in [0, 0.1) is 23.6 Å². The molecule has 2 aromatic rings. The molecule has 154 valence electrons. The number of hydrogen-bond acceptors (Lipinski definition) is 4. The Bertz CT molecular complexity index is 846. The van der Waals surface area contributed by atoms with Crippen molar-refractivity contribution in [3.63, 3.8) is 0 Å². The monoisotopic (exact) mass is 415 g/mol. The molecule has 1 aromatic carbocycles. The zero-order chi connectivity index (χ0) is 20.2. The number of nitrogens with one attached hydrogen (secondary N) is 2. The lowest BCUT2D eigenvalue weighted by Gasteiger charge is -2.33. The fourth-order valence-corrected chi connectivity index (χ4v) is 4.86. The number of nitrogens with zero attached hydrogens (tertiary/aromatic N) is 1. The van der Waals surface area contributed by atoms with Crippen molar-refractivity contribution in [3.05, 3.63) is 52.2 Å². The summed E-state index contributed by atoms with van der Waals surface area (Å²) in [7, 11) is 0. The second-order valence-electron chi connectivity index (χ2n) is 8.13. The Morgan fingerprint density at radius 3 is 2.62 bits per heavy atom.